The van der Waals surface area contributed by atoms with E-state index in [9.17, 15) is 13.2 Å². The molecule has 0 aliphatic rings. The van der Waals surface area contributed by atoms with Crippen LogP contribution in [0.15, 0.2) is 103 Å². The molecule has 0 amide bonds. The fourth-order valence-corrected chi connectivity index (χ4v) is 4.80. The number of alkyl halides is 3. The fourth-order valence-electron chi connectivity index (χ4n) is 4.51. The van der Waals surface area contributed by atoms with E-state index in [2.05, 4.69) is 29.2 Å². The van der Waals surface area contributed by atoms with E-state index in [0.29, 0.717) is 43.1 Å². The van der Waals surface area contributed by atoms with Crippen LogP contribution in [0.4, 0.5) is 18.9 Å². The zero-order valence-electron chi connectivity index (χ0n) is 21.7. The van der Waals surface area contributed by atoms with Crippen LogP contribution in [-0.2, 0) is 12.7 Å². The molecule has 3 nitrogen and oxygen atoms in total. The Morgan fingerprint density at radius 3 is 1.98 bits per heavy atom. The highest BCUT2D eigenvalue weighted by Crippen LogP contribution is 2.37. The molecule has 0 atom stereocenters. The van der Waals surface area contributed by atoms with E-state index in [1.165, 1.54) is 6.07 Å². The Kier molecular flexibility index (Phi) is 13.1. The number of anilines is 1. The van der Waals surface area contributed by atoms with Gasteiger partial charge < -0.3 is 10.5 Å². The smallest absolute Gasteiger partial charge is 0.417 e. The van der Waals surface area contributed by atoms with Gasteiger partial charge in [0.25, 0.3) is 0 Å². The molecule has 0 bridgehead atoms. The van der Waals surface area contributed by atoms with Gasteiger partial charge in [-0.1, -0.05) is 90.5 Å². The number of halogens is 6. The van der Waals surface area contributed by atoms with Crippen molar-refractivity contribution < 1.29 is 17.9 Å². The Morgan fingerprint density at radius 2 is 1.40 bits per heavy atom. The fraction of sp³-hybridized carbons (Fsp3) is 0.226. The highest BCUT2D eigenvalue weighted by Gasteiger charge is 2.34. The molecule has 40 heavy (non-hydrogen) atoms. The average molecular weight is 612 g/mol. The van der Waals surface area contributed by atoms with Crippen LogP contribution >= 0.6 is 36.4 Å². The SMILES string of the molecule is Cl.Cl.Nc1cccc(OCCCN(Cc2cccc(C(F)(F)F)c2Cl)CC(c2ccccc2)c2ccccc2)c1. The van der Waals surface area contributed by atoms with Gasteiger partial charge in [0.15, 0.2) is 0 Å². The first kappa shape index (κ1) is 33.3. The molecule has 0 saturated heterocycles. The summed E-state index contributed by atoms with van der Waals surface area (Å²) >= 11 is 6.28. The van der Waals surface area contributed by atoms with Crippen molar-refractivity contribution in [3.63, 3.8) is 0 Å². The third kappa shape index (κ3) is 9.34. The van der Waals surface area contributed by atoms with Crippen LogP contribution in [0.1, 0.15) is 34.6 Å². The predicted molar refractivity (Wildman–Crippen MR) is 162 cm³/mol. The summed E-state index contributed by atoms with van der Waals surface area (Å²) in [6, 6.07) is 31.6. The Morgan fingerprint density at radius 1 is 0.800 bits per heavy atom. The summed E-state index contributed by atoms with van der Waals surface area (Å²) in [5.41, 5.74) is 8.36. The lowest BCUT2D eigenvalue weighted by Crippen LogP contribution is -2.31. The largest absolute Gasteiger partial charge is 0.493 e. The van der Waals surface area contributed by atoms with E-state index in [4.69, 9.17) is 22.1 Å². The first-order chi connectivity index (χ1) is 18.3. The molecule has 4 aromatic rings. The van der Waals surface area contributed by atoms with Crippen LogP contribution in [-0.4, -0.2) is 24.6 Å². The number of rotatable bonds is 11. The van der Waals surface area contributed by atoms with E-state index in [-0.39, 0.29) is 42.3 Å². The van der Waals surface area contributed by atoms with Crippen molar-refractivity contribution in [3.8, 4) is 5.75 Å². The van der Waals surface area contributed by atoms with E-state index >= 15 is 0 Å². The van der Waals surface area contributed by atoms with Gasteiger partial charge >= 0.3 is 6.18 Å². The molecule has 0 spiro atoms. The number of hydrogen-bond acceptors (Lipinski definition) is 3. The van der Waals surface area contributed by atoms with Gasteiger partial charge in [0.2, 0.25) is 0 Å². The molecule has 0 aliphatic carbocycles. The topological polar surface area (TPSA) is 38.5 Å². The van der Waals surface area contributed by atoms with Gasteiger partial charge in [-0.3, -0.25) is 4.90 Å². The first-order valence-electron chi connectivity index (χ1n) is 12.5. The zero-order valence-corrected chi connectivity index (χ0v) is 24.1. The molecule has 4 aromatic carbocycles. The number of nitrogens with two attached hydrogens (primary N) is 1. The summed E-state index contributed by atoms with van der Waals surface area (Å²) in [5.74, 6) is 0.709. The van der Waals surface area contributed by atoms with Gasteiger partial charge in [-0.25, -0.2) is 0 Å². The number of hydrogen-bond donors (Lipinski definition) is 1. The number of nitrogen functional groups attached to an aromatic ring is 1. The van der Waals surface area contributed by atoms with Crippen LogP contribution in [0.5, 0.6) is 5.75 Å². The molecular formula is C31H32Cl3F3N2O. The quantitative estimate of drug-likeness (QED) is 0.136. The summed E-state index contributed by atoms with van der Waals surface area (Å²) in [7, 11) is 0. The highest BCUT2D eigenvalue weighted by molar-refractivity contribution is 6.32. The lowest BCUT2D eigenvalue weighted by atomic mass is 9.90. The van der Waals surface area contributed by atoms with Gasteiger partial charge in [0.1, 0.15) is 5.75 Å². The lowest BCUT2D eigenvalue weighted by Gasteiger charge is -2.29. The molecule has 0 aliphatic heterocycles. The van der Waals surface area contributed by atoms with Gasteiger partial charge in [-0.2, -0.15) is 13.2 Å². The van der Waals surface area contributed by atoms with Crippen molar-refractivity contribution in [2.24, 2.45) is 0 Å². The molecule has 0 unspecified atom stereocenters. The van der Waals surface area contributed by atoms with Crippen molar-refractivity contribution in [3.05, 3.63) is 130 Å². The summed E-state index contributed by atoms with van der Waals surface area (Å²) in [6.07, 6.45) is -3.85. The molecule has 214 valence electrons. The maximum atomic E-state index is 13.5. The summed E-state index contributed by atoms with van der Waals surface area (Å²) in [5, 5.41) is -0.253. The molecule has 0 radical (unpaired) electrons. The van der Waals surface area contributed by atoms with Gasteiger partial charge in [0.05, 0.1) is 17.2 Å². The van der Waals surface area contributed by atoms with Gasteiger partial charge in [0, 0.05) is 37.3 Å². The maximum Gasteiger partial charge on any atom is 0.417 e. The van der Waals surface area contributed by atoms with Crippen molar-refractivity contribution in [1.82, 2.24) is 4.90 Å². The molecule has 2 N–H and O–H groups in total. The van der Waals surface area contributed by atoms with E-state index < -0.39 is 11.7 Å². The monoisotopic (exact) mass is 610 g/mol. The molecule has 4 rings (SSSR count). The van der Waals surface area contributed by atoms with Gasteiger partial charge in [-0.15, -0.1) is 24.8 Å². The Hall–Kier alpha value is -2.90. The summed E-state index contributed by atoms with van der Waals surface area (Å²) < 4.78 is 46.5. The summed E-state index contributed by atoms with van der Waals surface area (Å²) in [4.78, 5) is 2.15. The number of ether oxygens (including phenoxy) is 1. The minimum absolute atomic E-state index is 0. The molecule has 0 saturated carbocycles. The third-order valence-electron chi connectivity index (χ3n) is 6.37. The normalized spacial score (nSPS) is 11.2. The van der Waals surface area contributed by atoms with E-state index in [1.54, 1.807) is 18.2 Å². The first-order valence-corrected chi connectivity index (χ1v) is 12.8. The highest BCUT2D eigenvalue weighted by atomic mass is 35.5. The van der Waals surface area contributed by atoms with E-state index in [0.717, 1.165) is 17.2 Å². The second-order valence-corrected chi connectivity index (χ2v) is 9.54. The van der Waals surface area contributed by atoms with E-state index in [1.807, 2.05) is 48.5 Å². The summed E-state index contributed by atoms with van der Waals surface area (Å²) in [6.45, 7) is 1.92. The van der Waals surface area contributed by atoms with Crippen LogP contribution in [0.25, 0.3) is 0 Å². The van der Waals surface area contributed by atoms with Crippen molar-refractivity contribution >= 4 is 42.1 Å². The van der Waals surface area contributed by atoms with Crippen molar-refractivity contribution in [1.29, 1.82) is 0 Å². The van der Waals surface area contributed by atoms with Crippen LogP contribution in [0.3, 0.4) is 0 Å². The lowest BCUT2D eigenvalue weighted by molar-refractivity contribution is -0.137. The average Bonchev–Trinajstić information content (AvgIpc) is 2.91. The zero-order chi connectivity index (χ0) is 27.0. The molecular weight excluding hydrogens is 580 g/mol. The number of benzene rings is 4. The van der Waals surface area contributed by atoms with Crippen LogP contribution in [0, 0.1) is 0 Å². The second kappa shape index (κ2) is 15.8. The standard InChI is InChI=1S/C31H30ClF3N2O.2ClH/c32-30-25(14-7-17-29(30)31(33,34)35)21-37(18-9-19-38-27-16-8-15-26(36)20-27)22-28(23-10-3-1-4-11-23)24-12-5-2-6-13-24;;/h1-8,10-17,20,28H,9,18-19,21-22,36H2;2*1H. The molecule has 9 heteroatoms. The predicted octanol–water partition coefficient (Wildman–Crippen LogP) is 8.89. The minimum atomic E-state index is -4.51. The van der Waals surface area contributed by atoms with Crippen LogP contribution < -0.4 is 10.5 Å². The van der Waals surface area contributed by atoms with Crippen LogP contribution in [0.2, 0.25) is 5.02 Å². The Bertz CT molecular complexity index is 1270. The second-order valence-electron chi connectivity index (χ2n) is 9.16. The molecule has 0 heterocycles. The number of nitrogens with zero attached hydrogens (tertiary/aromatic N) is 1. The molecule has 0 aromatic heterocycles. The van der Waals surface area contributed by atoms with Crippen molar-refractivity contribution in [2.75, 3.05) is 25.4 Å². The Labute approximate surface area is 250 Å². The minimum Gasteiger partial charge on any atom is -0.493 e. The van der Waals surface area contributed by atoms with Gasteiger partial charge in [-0.05, 0) is 41.3 Å². The third-order valence-corrected chi connectivity index (χ3v) is 6.81. The molecule has 0 fully saturated rings. The van der Waals surface area contributed by atoms with Crippen molar-refractivity contribution in [2.45, 2.75) is 25.1 Å². The maximum absolute atomic E-state index is 13.5. The Balaban J connectivity index is 0.00000280.